The summed E-state index contributed by atoms with van der Waals surface area (Å²) < 4.78 is 0. The van der Waals surface area contributed by atoms with Gasteiger partial charge in [0.05, 0.1) is 11.3 Å². The fourth-order valence-electron chi connectivity index (χ4n) is 3.27. The number of rotatable bonds is 4. The number of hydrogen-bond acceptors (Lipinski definition) is 4. The number of nitrogens with one attached hydrogen (secondary N) is 1. The Kier molecular flexibility index (Phi) is 5.07. The second kappa shape index (κ2) is 7.80. The molecule has 4 rings (SSSR count). The zero-order valence-electron chi connectivity index (χ0n) is 14.8. The molecule has 0 amide bonds. The molecule has 2 aromatic carbocycles. The highest BCUT2D eigenvalue weighted by Gasteiger charge is 2.36. The Morgan fingerprint density at radius 2 is 1.52 bits per heavy atom. The van der Waals surface area contributed by atoms with E-state index in [0.29, 0.717) is 11.3 Å². The highest BCUT2D eigenvalue weighted by molar-refractivity contribution is 7.97. The molecule has 136 valence electrons. The molecule has 0 unspecified atom stereocenters. The zero-order valence-corrected chi connectivity index (χ0v) is 15.6. The Morgan fingerprint density at radius 1 is 0.889 bits per heavy atom. The Labute approximate surface area is 160 Å². The van der Waals surface area contributed by atoms with Crippen molar-refractivity contribution in [1.29, 1.82) is 0 Å². The van der Waals surface area contributed by atoms with Gasteiger partial charge in [0.15, 0.2) is 5.69 Å². The minimum absolute atomic E-state index is 0.0391. The average Bonchev–Trinajstić information content (AvgIpc) is 3.22. The summed E-state index contributed by atoms with van der Waals surface area (Å²) in [5.41, 5.74) is 2.06. The number of aromatic hydroxyl groups is 1. The second-order valence-electron chi connectivity index (χ2n) is 6.37. The summed E-state index contributed by atoms with van der Waals surface area (Å²) >= 11 is 0. The molecular weight excluding hydrogens is 358 g/mol. The van der Waals surface area contributed by atoms with E-state index in [0.717, 1.165) is 34.8 Å². The van der Waals surface area contributed by atoms with E-state index in [1.165, 1.54) is 0 Å². The first-order chi connectivity index (χ1) is 13.2. The fraction of sp³-hybridized carbons (Fsp3) is 0.190. The van der Waals surface area contributed by atoms with E-state index in [4.69, 9.17) is 0 Å². The van der Waals surface area contributed by atoms with Gasteiger partial charge in [0.25, 0.3) is 5.56 Å². The monoisotopic (exact) mass is 378 g/mol. The highest BCUT2D eigenvalue weighted by Crippen LogP contribution is 2.41. The minimum Gasteiger partial charge on any atom is -0.491 e. The van der Waals surface area contributed by atoms with Crippen LogP contribution in [0, 0.1) is 0 Å². The van der Waals surface area contributed by atoms with E-state index >= 15 is 0 Å². The molecule has 1 saturated heterocycles. The van der Waals surface area contributed by atoms with Gasteiger partial charge in [-0.1, -0.05) is 48.5 Å². The van der Waals surface area contributed by atoms with Gasteiger partial charge in [0.2, 0.25) is 10.8 Å². The van der Waals surface area contributed by atoms with Crippen LogP contribution in [0.15, 0.2) is 80.6 Å². The maximum Gasteiger partial charge on any atom is 0.279 e. The molecule has 1 aromatic heterocycles. The molecule has 27 heavy (non-hydrogen) atoms. The highest BCUT2D eigenvalue weighted by atomic mass is 32.2. The first kappa shape index (κ1) is 17.5. The van der Waals surface area contributed by atoms with Gasteiger partial charge >= 0.3 is 0 Å². The number of benzene rings is 2. The van der Waals surface area contributed by atoms with Gasteiger partial charge in [-0.3, -0.25) is 9.78 Å². The topological polar surface area (TPSA) is 77.8 Å². The molecule has 2 heterocycles. The number of pyridine rings is 1. The summed E-state index contributed by atoms with van der Waals surface area (Å²) in [7, 11) is -0.103. The van der Waals surface area contributed by atoms with Gasteiger partial charge in [-0.25, -0.2) is 0 Å². The number of aromatic amines is 1. The Bertz CT molecular complexity index is 1010. The lowest BCUT2D eigenvalue weighted by Gasteiger charge is -2.11. The van der Waals surface area contributed by atoms with Crippen molar-refractivity contribution in [3.05, 3.63) is 71.0 Å². The molecular formula is C21H20N3O2S+. The lowest BCUT2D eigenvalue weighted by molar-refractivity contribution is 0.438. The third-order valence-corrected chi connectivity index (χ3v) is 7.07. The van der Waals surface area contributed by atoms with Gasteiger partial charge in [0.1, 0.15) is 11.5 Å². The first-order valence-corrected chi connectivity index (χ1v) is 10.5. The Morgan fingerprint density at radius 3 is 2.19 bits per heavy atom. The molecule has 0 aliphatic carbocycles. The van der Waals surface area contributed by atoms with E-state index in [-0.39, 0.29) is 22.5 Å². The summed E-state index contributed by atoms with van der Waals surface area (Å²) in [6, 6.07) is 19.0. The van der Waals surface area contributed by atoms with E-state index in [9.17, 15) is 9.90 Å². The maximum absolute atomic E-state index is 12.7. The molecule has 0 radical (unpaired) electrons. The standard InChI is InChI=1S/C21H19N3O2S/c25-20-18(24-23-16-11-5-2-6-12-16)17(15-9-3-1-4-10-15)19(21(26)22-20)27-13-7-8-14-27/h1-6,9-12H,7-8,13-14H2,(H-,22,23,25,26)/p+1. The smallest absolute Gasteiger partial charge is 0.279 e. The lowest BCUT2D eigenvalue weighted by atomic mass is 10.1. The number of aromatic nitrogens is 1. The van der Waals surface area contributed by atoms with Crippen molar-refractivity contribution in [1.82, 2.24) is 4.98 Å². The van der Waals surface area contributed by atoms with Crippen molar-refractivity contribution >= 4 is 22.3 Å². The summed E-state index contributed by atoms with van der Waals surface area (Å²) in [4.78, 5) is 16.0. The van der Waals surface area contributed by atoms with Gasteiger partial charge in [-0.05, 0) is 30.5 Å². The Hall–Kier alpha value is -2.86. The van der Waals surface area contributed by atoms with E-state index < -0.39 is 5.56 Å². The normalized spacial score (nSPS) is 14.8. The van der Waals surface area contributed by atoms with Crippen molar-refractivity contribution in [2.24, 2.45) is 10.2 Å². The van der Waals surface area contributed by atoms with Crippen LogP contribution in [-0.4, -0.2) is 21.6 Å². The molecule has 5 nitrogen and oxygen atoms in total. The Balaban J connectivity index is 1.93. The van der Waals surface area contributed by atoms with Crippen LogP contribution in [0.1, 0.15) is 12.8 Å². The summed E-state index contributed by atoms with van der Waals surface area (Å²) in [5.74, 6) is 2.01. The van der Waals surface area contributed by atoms with Gasteiger partial charge in [0, 0.05) is 10.9 Å². The van der Waals surface area contributed by atoms with Gasteiger partial charge < -0.3 is 5.11 Å². The van der Waals surface area contributed by atoms with Crippen LogP contribution in [0.25, 0.3) is 11.1 Å². The first-order valence-electron chi connectivity index (χ1n) is 8.93. The molecule has 0 spiro atoms. The van der Waals surface area contributed by atoms with Crippen LogP contribution in [0.4, 0.5) is 11.4 Å². The molecule has 6 heteroatoms. The van der Waals surface area contributed by atoms with E-state index in [1.54, 1.807) is 0 Å². The number of hydrogen-bond donors (Lipinski definition) is 2. The third kappa shape index (κ3) is 3.66. The van der Waals surface area contributed by atoms with Crippen molar-refractivity contribution < 1.29 is 5.11 Å². The summed E-state index contributed by atoms with van der Waals surface area (Å²) in [6.07, 6.45) is 2.27. The van der Waals surface area contributed by atoms with Crippen LogP contribution >= 0.6 is 0 Å². The van der Waals surface area contributed by atoms with Crippen LogP contribution in [0.5, 0.6) is 5.88 Å². The SMILES string of the molecule is O=c1[nH]c(O)c([S+]2CCCC2)c(-c2ccccc2)c1N=Nc1ccccc1. The van der Waals surface area contributed by atoms with Crippen molar-refractivity contribution in [2.45, 2.75) is 17.7 Å². The quantitative estimate of drug-likeness (QED) is 0.498. The molecule has 3 aromatic rings. The molecule has 0 saturated carbocycles. The summed E-state index contributed by atoms with van der Waals surface area (Å²) in [5, 5.41) is 19.1. The molecule has 0 bridgehead atoms. The molecule has 1 aliphatic heterocycles. The number of azo groups is 1. The molecule has 1 aliphatic rings. The van der Waals surface area contributed by atoms with Gasteiger partial charge in [-0.2, -0.15) is 5.11 Å². The number of H-pyrrole nitrogens is 1. The predicted octanol–water partition coefficient (Wildman–Crippen LogP) is 4.93. The number of nitrogens with zero attached hydrogens (tertiary/aromatic N) is 2. The largest absolute Gasteiger partial charge is 0.491 e. The van der Waals surface area contributed by atoms with Crippen molar-refractivity contribution in [2.75, 3.05) is 11.5 Å². The van der Waals surface area contributed by atoms with Crippen LogP contribution in [0.3, 0.4) is 0 Å². The van der Waals surface area contributed by atoms with Crippen molar-refractivity contribution in [3.8, 4) is 17.0 Å². The van der Waals surface area contributed by atoms with Crippen molar-refractivity contribution in [3.63, 3.8) is 0 Å². The van der Waals surface area contributed by atoms with Crippen LogP contribution < -0.4 is 5.56 Å². The second-order valence-corrected chi connectivity index (χ2v) is 8.58. The molecule has 2 N–H and O–H groups in total. The van der Waals surface area contributed by atoms with Crippen LogP contribution in [0.2, 0.25) is 0 Å². The third-order valence-electron chi connectivity index (χ3n) is 4.53. The maximum atomic E-state index is 12.7. The molecule has 1 fully saturated rings. The average molecular weight is 378 g/mol. The predicted molar refractivity (Wildman–Crippen MR) is 109 cm³/mol. The summed E-state index contributed by atoms with van der Waals surface area (Å²) in [6.45, 7) is 0. The van der Waals surface area contributed by atoms with Crippen LogP contribution in [-0.2, 0) is 10.9 Å². The van der Waals surface area contributed by atoms with Gasteiger partial charge in [-0.15, -0.1) is 5.11 Å². The minimum atomic E-state index is -0.433. The van der Waals surface area contributed by atoms with E-state index in [1.807, 2.05) is 60.7 Å². The van der Waals surface area contributed by atoms with E-state index in [2.05, 4.69) is 15.2 Å². The molecule has 0 atom stereocenters. The lowest BCUT2D eigenvalue weighted by Crippen LogP contribution is -2.14. The zero-order chi connectivity index (χ0) is 18.6. The fourth-order valence-corrected chi connectivity index (χ4v) is 5.82.